The van der Waals surface area contributed by atoms with Gasteiger partial charge in [0.2, 0.25) is 23.6 Å². The lowest BCUT2D eigenvalue weighted by molar-refractivity contribution is -0.138. The summed E-state index contributed by atoms with van der Waals surface area (Å²) in [6.07, 6.45) is 3.70. The highest BCUT2D eigenvalue weighted by molar-refractivity contribution is 6.24. The van der Waals surface area contributed by atoms with Gasteiger partial charge in [-0.2, -0.15) is 10.5 Å². The second kappa shape index (κ2) is 25.9. The maximum atomic E-state index is 15.9. The van der Waals surface area contributed by atoms with Gasteiger partial charge in [-0.25, -0.2) is 4.39 Å². The van der Waals surface area contributed by atoms with Crippen LogP contribution in [0.2, 0.25) is 0 Å². The zero-order valence-electron chi connectivity index (χ0n) is 58.6. The fourth-order valence-corrected chi connectivity index (χ4v) is 17.4. The predicted octanol–water partition coefficient (Wildman–Crippen LogP) is 11.9. The monoisotopic (exact) mass is 1400 g/mol. The highest BCUT2D eigenvalue weighted by atomic mass is 19.1. The Morgan fingerprint density at radius 1 is 0.635 bits per heavy atom. The first-order valence-electron chi connectivity index (χ1n) is 35.7. The number of nitrogens with one attached hydrogen (secondary N) is 3. The van der Waals surface area contributed by atoms with Crippen molar-refractivity contribution in [2.24, 2.45) is 17.8 Å². The number of ether oxygens (including phenoxy) is 1. The van der Waals surface area contributed by atoms with E-state index in [0.29, 0.717) is 74.7 Å². The third-order valence-corrected chi connectivity index (χ3v) is 23.2. The van der Waals surface area contributed by atoms with Crippen molar-refractivity contribution >= 4 is 75.5 Å². The SMILES string of the molecule is Cc1ccc(-c2c(C)noc2C)cc1N(CCOC1CCN(c2ccc3c(c2)C(=O)N(C2CCC(=O)NC2=O)C3=O)C1)c1ccc(C2(C#N)CC2C2CC2(C#N)c2ccc(N(CC3CC(Nc4cc5c(cc4F)CN(C4CCC(=O)NC4=O)C5=O)C3)c3cc(-c4c(C)noc4C)ccc3C)cc2)cc1. The summed E-state index contributed by atoms with van der Waals surface area (Å²) in [6, 6.07) is 40.9. The van der Waals surface area contributed by atoms with Crippen LogP contribution in [0.1, 0.15) is 140 Å². The van der Waals surface area contributed by atoms with Crippen LogP contribution in [0.5, 0.6) is 0 Å². The fourth-order valence-electron chi connectivity index (χ4n) is 17.4. The molecule has 0 spiro atoms. The normalized spacial score (nSPS) is 24.6. The Labute approximate surface area is 600 Å². The Kier molecular flexibility index (Phi) is 16.7. The molecule has 3 N–H and O–H groups in total. The van der Waals surface area contributed by atoms with Gasteiger partial charge < -0.3 is 38.7 Å². The molecule has 0 bridgehead atoms. The summed E-state index contributed by atoms with van der Waals surface area (Å²) in [5.41, 5.74) is 13.7. The molecular weight excluding hydrogens is 1320 g/mol. The molecule has 7 heterocycles. The largest absolute Gasteiger partial charge is 0.380 e. The minimum absolute atomic E-state index is 0.0379. The zero-order valence-corrected chi connectivity index (χ0v) is 58.6. The average Bonchev–Trinajstić information content (AvgIpc) is 1.51. The summed E-state index contributed by atoms with van der Waals surface area (Å²) in [4.78, 5) is 99.2. The van der Waals surface area contributed by atoms with Crippen molar-refractivity contribution in [1.29, 1.82) is 10.5 Å². The van der Waals surface area contributed by atoms with Crippen molar-refractivity contribution < 1.29 is 51.7 Å². The van der Waals surface area contributed by atoms with E-state index in [4.69, 9.17) is 13.8 Å². The summed E-state index contributed by atoms with van der Waals surface area (Å²) in [5.74, 6) is -2.45. The number of anilines is 6. The highest BCUT2D eigenvalue weighted by Crippen LogP contribution is 2.71. The molecule has 0 radical (unpaired) electrons. The minimum atomic E-state index is -1.05. The van der Waals surface area contributed by atoms with Gasteiger partial charge in [0.05, 0.1) is 63.9 Å². The lowest BCUT2D eigenvalue weighted by Crippen LogP contribution is -2.54. The van der Waals surface area contributed by atoms with Crippen LogP contribution in [0.25, 0.3) is 22.3 Å². The molecule has 3 saturated heterocycles. The first-order chi connectivity index (χ1) is 50.1. The molecule has 8 aromatic rings. The number of hydrogen-bond donors (Lipinski definition) is 3. The van der Waals surface area contributed by atoms with E-state index < -0.39 is 58.3 Å². The number of aryl methyl sites for hydroxylation is 6. The Bertz CT molecular complexity index is 4990. The molecule has 23 heteroatoms. The van der Waals surface area contributed by atoms with E-state index in [1.807, 2.05) is 33.8 Å². The highest BCUT2D eigenvalue weighted by Gasteiger charge is 2.71. The van der Waals surface area contributed by atoms with Gasteiger partial charge in [-0.3, -0.25) is 49.1 Å². The molecule has 6 aromatic carbocycles. The van der Waals surface area contributed by atoms with E-state index in [9.17, 15) is 44.1 Å². The number of piperidine rings is 2. The van der Waals surface area contributed by atoms with Gasteiger partial charge in [-0.15, -0.1) is 0 Å². The summed E-state index contributed by atoms with van der Waals surface area (Å²) >= 11 is 0. The van der Waals surface area contributed by atoms with Crippen molar-refractivity contribution in [2.45, 2.75) is 141 Å². The second-order valence-electron chi connectivity index (χ2n) is 29.5. The molecule has 2 aromatic heterocycles. The number of aromatic nitrogens is 2. The fraction of sp³-hybridized carbons (Fsp3) is 0.370. The van der Waals surface area contributed by atoms with Gasteiger partial charge in [-0.1, -0.05) is 58.8 Å². The van der Waals surface area contributed by atoms with Gasteiger partial charge in [0, 0.05) is 96.7 Å². The number of rotatable bonds is 20. The van der Waals surface area contributed by atoms with Crippen molar-refractivity contribution in [3.63, 3.8) is 0 Å². The molecule has 528 valence electrons. The van der Waals surface area contributed by atoms with Gasteiger partial charge in [0.25, 0.3) is 17.7 Å². The molecule has 104 heavy (non-hydrogen) atoms. The molecular formula is C81H77FN12O10. The van der Waals surface area contributed by atoms with Crippen LogP contribution in [0.3, 0.4) is 0 Å². The Morgan fingerprint density at radius 2 is 1.19 bits per heavy atom. The van der Waals surface area contributed by atoms with E-state index >= 15 is 4.39 Å². The number of halogens is 1. The molecule has 3 saturated carbocycles. The quantitative estimate of drug-likeness (QED) is 0.0598. The second-order valence-corrected chi connectivity index (χ2v) is 29.5. The molecule has 6 fully saturated rings. The maximum absolute atomic E-state index is 15.9. The first kappa shape index (κ1) is 67.2. The number of imide groups is 3. The molecule has 7 unspecified atom stereocenters. The van der Waals surface area contributed by atoms with E-state index in [2.05, 4.69) is 152 Å². The summed E-state index contributed by atoms with van der Waals surface area (Å²) in [6.45, 7) is 14.6. The summed E-state index contributed by atoms with van der Waals surface area (Å²) < 4.78 is 33.8. The number of carbonyl (C=O) groups is 7. The molecule has 8 aliphatic rings. The third-order valence-electron chi connectivity index (χ3n) is 23.2. The Hall–Kier alpha value is -11.3. The number of benzene rings is 6. The maximum Gasteiger partial charge on any atom is 0.262 e. The molecule has 7 amide bonds. The van der Waals surface area contributed by atoms with Crippen molar-refractivity contribution in [3.05, 3.63) is 188 Å². The number of nitriles is 2. The van der Waals surface area contributed by atoms with E-state index in [1.54, 1.807) is 18.2 Å². The summed E-state index contributed by atoms with van der Waals surface area (Å²) in [7, 11) is 0. The van der Waals surface area contributed by atoms with Crippen LogP contribution in [0, 0.1) is 87.8 Å². The molecule has 3 aliphatic carbocycles. The van der Waals surface area contributed by atoms with Gasteiger partial charge >= 0.3 is 0 Å². The van der Waals surface area contributed by atoms with E-state index in [1.165, 1.54) is 11.0 Å². The van der Waals surface area contributed by atoms with Crippen LogP contribution in [-0.4, -0.2) is 118 Å². The number of nitrogens with zero attached hydrogens (tertiary/aromatic N) is 9. The smallest absolute Gasteiger partial charge is 0.262 e. The van der Waals surface area contributed by atoms with Gasteiger partial charge in [0.15, 0.2) is 0 Å². The lowest BCUT2D eigenvalue weighted by Gasteiger charge is -2.40. The third kappa shape index (κ3) is 11.6. The standard InChI is InChI=1S/C81H77FN12O10/c1-43-7-9-50(73-45(3)88-103-47(73)5)32-69(43)91(27-28-102-59-25-26-90(40-59)58-19-20-60-62(34-58)79(101)94(78(60)100)68-22-24-72(96)87-76(68)98)56-15-11-53(12-16-56)80(41-83)36-63(80)64-37-81(64,42-84)54-13-17-57(18-14-54)92(70-33-51(10-8-44(70)2)74-46(4)89-104-48(74)6)38-49-29-55(30-49)85-66-35-61-52(31-65(66)82)39-93(77(61)99)67-21-23-71(95)86-75(67)97/h7-20,31-35,49,55,59,63-64,67-68,85H,21-30,36-40H2,1-6H3,(H,86,95,97)(H,87,96,98). The van der Waals surface area contributed by atoms with Gasteiger partial charge in [0.1, 0.15) is 29.4 Å². The van der Waals surface area contributed by atoms with E-state index in [-0.39, 0.29) is 90.8 Å². The molecule has 22 nitrogen and oxygen atoms in total. The Balaban J connectivity index is 0.609. The van der Waals surface area contributed by atoms with Crippen LogP contribution >= 0.6 is 0 Å². The summed E-state index contributed by atoms with van der Waals surface area (Å²) in [5, 5.41) is 38.9. The van der Waals surface area contributed by atoms with Crippen LogP contribution in [-0.2, 0) is 41.3 Å². The predicted molar refractivity (Wildman–Crippen MR) is 382 cm³/mol. The number of carbonyl (C=O) groups excluding carboxylic acids is 7. The topological polar surface area (TPSA) is 281 Å². The van der Waals surface area contributed by atoms with Crippen molar-refractivity contribution in [3.8, 4) is 34.4 Å². The number of hydrogen-bond acceptors (Lipinski definition) is 18. The number of amides is 7. The molecule has 7 atom stereocenters. The lowest BCUT2D eigenvalue weighted by atomic mass is 9.79. The minimum Gasteiger partial charge on any atom is -0.380 e. The van der Waals surface area contributed by atoms with Crippen molar-refractivity contribution in [1.82, 2.24) is 30.7 Å². The Morgan fingerprint density at radius 3 is 1.75 bits per heavy atom. The van der Waals surface area contributed by atoms with Crippen LogP contribution in [0.15, 0.2) is 124 Å². The van der Waals surface area contributed by atoms with Crippen LogP contribution < -0.4 is 30.7 Å². The van der Waals surface area contributed by atoms with E-state index in [0.717, 1.165) is 102 Å². The first-order valence-corrected chi connectivity index (χ1v) is 35.7. The van der Waals surface area contributed by atoms with Crippen LogP contribution in [0.4, 0.5) is 38.5 Å². The molecule has 16 rings (SSSR count). The van der Waals surface area contributed by atoms with Crippen molar-refractivity contribution in [2.75, 3.05) is 52.8 Å². The number of fused-ring (bicyclic) bond motifs is 2. The average molecular weight is 1400 g/mol. The van der Waals surface area contributed by atoms with Gasteiger partial charge in [-0.05, 0) is 210 Å². The zero-order chi connectivity index (χ0) is 72.4. The molecule has 5 aliphatic heterocycles.